The molecule has 210 valence electrons. The second-order valence-corrected chi connectivity index (χ2v) is 10.7. The lowest BCUT2D eigenvalue weighted by molar-refractivity contribution is -0.118. The minimum absolute atomic E-state index is 0.148. The van der Waals surface area contributed by atoms with Crippen LogP contribution in [0.4, 0.5) is 11.5 Å². The van der Waals surface area contributed by atoms with Crippen LogP contribution in [-0.2, 0) is 9.47 Å². The topological polar surface area (TPSA) is 103 Å². The lowest BCUT2D eigenvalue weighted by atomic mass is 9.89. The molecule has 10 nitrogen and oxygen atoms in total. The first-order chi connectivity index (χ1) is 19.0. The van der Waals surface area contributed by atoms with Crippen LogP contribution in [0.3, 0.4) is 0 Å². The Kier molecular flexibility index (Phi) is 9.17. The highest BCUT2D eigenvalue weighted by Crippen LogP contribution is 2.36. The fourth-order valence-electron chi connectivity index (χ4n) is 5.71. The van der Waals surface area contributed by atoms with Crippen LogP contribution >= 0.6 is 0 Å². The monoisotopic (exact) mass is 535 g/mol. The summed E-state index contributed by atoms with van der Waals surface area (Å²) >= 11 is 0. The summed E-state index contributed by atoms with van der Waals surface area (Å²) in [5.74, 6) is 7.41. The minimum atomic E-state index is -0.148. The standard InChI is InChI=1S/C29H41N7O3/c1-38-20-18-34-16-14-33(15-17-34)10-4-5-11-35-19-21-39-29(23-35)8-12-36(13-9-29)26-22-25(31-32-28(26)30)24-6-2-3-7-27(24)37/h2-3,6-7,22,37H,8-21,23H2,1H3,(H2,30,32). The summed E-state index contributed by atoms with van der Waals surface area (Å²) in [4.78, 5) is 9.60. The normalized spacial score (nSPS) is 20.6. The van der Waals surface area contributed by atoms with Gasteiger partial charge in [0.25, 0.3) is 0 Å². The molecule has 1 aromatic carbocycles. The Bertz CT molecular complexity index is 1150. The van der Waals surface area contributed by atoms with Crippen LogP contribution in [0.2, 0.25) is 0 Å². The van der Waals surface area contributed by atoms with Gasteiger partial charge in [0.1, 0.15) is 5.75 Å². The molecule has 0 atom stereocenters. The van der Waals surface area contributed by atoms with Crippen molar-refractivity contribution in [2.24, 2.45) is 0 Å². The van der Waals surface area contributed by atoms with E-state index in [9.17, 15) is 5.11 Å². The highest BCUT2D eigenvalue weighted by molar-refractivity contribution is 5.74. The zero-order valence-corrected chi connectivity index (χ0v) is 23.0. The third-order valence-corrected chi connectivity index (χ3v) is 8.13. The number of hydrogen-bond donors (Lipinski definition) is 2. The molecule has 0 amide bonds. The summed E-state index contributed by atoms with van der Waals surface area (Å²) in [5.41, 5.74) is 8.21. The molecule has 4 heterocycles. The molecule has 0 unspecified atom stereocenters. The second-order valence-electron chi connectivity index (χ2n) is 10.7. The van der Waals surface area contributed by atoms with Gasteiger partial charge >= 0.3 is 0 Å². The molecular weight excluding hydrogens is 494 g/mol. The average molecular weight is 536 g/mol. The number of hydrogen-bond acceptors (Lipinski definition) is 10. The van der Waals surface area contributed by atoms with E-state index in [-0.39, 0.29) is 11.4 Å². The van der Waals surface area contributed by atoms with Gasteiger partial charge in [0.15, 0.2) is 5.82 Å². The molecule has 0 radical (unpaired) electrons. The third kappa shape index (κ3) is 6.99. The summed E-state index contributed by atoms with van der Waals surface area (Å²) in [5, 5.41) is 18.7. The van der Waals surface area contributed by atoms with E-state index in [2.05, 4.69) is 41.6 Å². The molecular formula is C29H41N7O3. The Balaban J connectivity index is 1.11. The number of methoxy groups -OCH3 is 1. The average Bonchev–Trinajstić information content (AvgIpc) is 2.96. The van der Waals surface area contributed by atoms with Crippen molar-refractivity contribution in [2.45, 2.75) is 18.4 Å². The minimum Gasteiger partial charge on any atom is -0.507 e. The molecule has 10 heteroatoms. The van der Waals surface area contributed by atoms with Crippen molar-refractivity contribution in [2.75, 3.05) is 103 Å². The number of morpholine rings is 1. The van der Waals surface area contributed by atoms with Crippen molar-refractivity contribution in [1.82, 2.24) is 24.9 Å². The van der Waals surface area contributed by atoms with E-state index < -0.39 is 0 Å². The van der Waals surface area contributed by atoms with Crippen LogP contribution < -0.4 is 10.6 Å². The number of nitrogen functional groups attached to an aromatic ring is 1. The Morgan fingerprint density at radius 3 is 2.44 bits per heavy atom. The fraction of sp³-hybridized carbons (Fsp3) is 0.586. The predicted molar refractivity (Wildman–Crippen MR) is 153 cm³/mol. The number of aromatic hydroxyl groups is 1. The van der Waals surface area contributed by atoms with Crippen LogP contribution in [0.25, 0.3) is 11.3 Å². The number of para-hydroxylation sites is 1. The molecule has 0 bridgehead atoms. The molecule has 0 aliphatic carbocycles. The SMILES string of the molecule is COCCN1CCN(CC#CCN2CCOC3(CCN(c4cc(-c5ccccc5O)nnc4N)CC3)C2)CC1. The van der Waals surface area contributed by atoms with Crippen LogP contribution in [0.15, 0.2) is 30.3 Å². The molecule has 3 saturated heterocycles. The maximum absolute atomic E-state index is 10.3. The molecule has 2 aromatic rings. The molecule has 1 aromatic heterocycles. The number of ether oxygens (including phenoxy) is 2. The number of benzene rings is 1. The molecule has 3 aliphatic rings. The first kappa shape index (κ1) is 27.6. The van der Waals surface area contributed by atoms with Crippen molar-refractivity contribution in [3.8, 4) is 28.8 Å². The van der Waals surface area contributed by atoms with Gasteiger partial charge in [-0.2, -0.15) is 0 Å². The van der Waals surface area contributed by atoms with Crippen molar-refractivity contribution >= 4 is 11.5 Å². The molecule has 5 rings (SSSR count). The van der Waals surface area contributed by atoms with Crippen LogP contribution in [-0.4, -0.2) is 128 Å². The van der Waals surface area contributed by atoms with Gasteiger partial charge in [0.05, 0.1) is 43.3 Å². The van der Waals surface area contributed by atoms with Gasteiger partial charge in [-0.05, 0) is 31.0 Å². The first-order valence-corrected chi connectivity index (χ1v) is 14.0. The third-order valence-electron chi connectivity index (χ3n) is 8.13. The number of anilines is 2. The number of piperidine rings is 1. The van der Waals surface area contributed by atoms with E-state index >= 15 is 0 Å². The molecule has 0 saturated carbocycles. The van der Waals surface area contributed by atoms with E-state index in [0.29, 0.717) is 17.1 Å². The second kappa shape index (κ2) is 12.9. The highest BCUT2D eigenvalue weighted by atomic mass is 16.5. The summed E-state index contributed by atoms with van der Waals surface area (Å²) in [6.45, 7) is 12.0. The number of piperazine rings is 1. The molecule has 39 heavy (non-hydrogen) atoms. The Labute approximate surface area is 231 Å². The van der Waals surface area contributed by atoms with E-state index in [1.165, 1.54) is 0 Å². The zero-order valence-electron chi connectivity index (χ0n) is 23.0. The summed E-state index contributed by atoms with van der Waals surface area (Å²) in [6.07, 6.45) is 1.83. The maximum atomic E-state index is 10.3. The first-order valence-electron chi connectivity index (χ1n) is 14.0. The van der Waals surface area contributed by atoms with Crippen molar-refractivity contribution < 1.29 is 14.6 Å². The zero-order chi connectivity index (χ0) is 27.1. The number of phenolic OH excluding ortho intramolecular Hbond substituents is 1. The predicted octanol–water partition coefficient (Wildman–Crippen LogP) is 1.37. The molecule has 1 spiro atoms. The van der Waals surface area contributed by atoms with Crippen LogP contribution in [0.5, 0.6) is 5.75 Å². The molecule has 3 aliphatic heterocycles. The summed E-state index contributed by atoms with van der Waals surface area (Å²) < 4.78 is 11.6. The van der Waals surface area contributed by atoms with E-state index in [1.54, 1.807) is 19.2 Å². The number of nitrogens with zero attached hydrogens (tertiary/aromatic N) is 6. The van der Waals surface area contributed by atoms with Gasteiger partial charge in [-0.15, -0.1) is 10.2 Å². The number of aromatic nitrogens is 2. The van der Waals surface area contributed by atoms with Gasteiger partial charge in [-0.1, -0.05) is 24.0 Å². The Hall–Kier alpha value is -2.94. The van der Waals surface area contributed by atoms with Gasteiger partial charge < -0.3 is 25.2 Å². The van der Waals surface area contributed by atoms with Crippen molar-refractivity contribution in [1.29, 1.82) is 0 Å². The van der Waals surface area contributed by atoms with Crippen LogP contribution in [0, 0.1) is 11.8 Å². The van der Waals surface area contributed by atoms with Crippen molar-refractivity contribution in [3.63, 3.8) is 0 Å². The summed E-state index contributed by atoms with van der Waals surface area (Å²) in [6, 6.07) is 9.08. The lowest BCUT2D eigenvalue weighted by Crippen LogP contribution is -2.57. The van der Waals surface area contributed by atoms with Crippen LogP contribution in [0.1, 0.15) is 12.8 Å². The van der Waals surface area contributed by atoms with Gasteiger partial charge in [-0.25, -0.2) is 0 Å². The highest BCUT2D eigenvalue weighted by Gasteiger charge is 2.40. The van der Waals surface area contributed by atoms with E-state index in [0.717, 1.165) is 104 Å². The van der Waals surface area contributed by atoms with E-state index in [4.69, 9.17) is 15.2 Å². The van der Waals surface area contributed by atoms with Gasteiger partial charge in [-0.3, -0.25) is 14.7 Å². The summed E-state index contributed by atoms with van der Waals surface area (Å²) in [7, 11) is 1.76. The van der Waals surface area contributed by atoms with E-state index in [1.807, 2.05) is 18.2 Å². The Morgan fingerprint density at radius 2 is 1.69 bits per heavy atom. The lowest BCUT2D eigenvalue weighted by Gasteiger charge is -2.47. The Morgan fingerprint density at radius 1 is 0.974 bits per heavy atom. The number of phenols is 1. The number of rotatable bonds is 7. The molecule has 3 fully saturated rings. The number of nitrogens with two attached hydrogens (primary N) is 1. The maximum Gasteiger partial charge on any atom is 0.169 e. The quantitative estimate of drug-likeness (QED) is 0.506. The van der Waals surface area contributed by atoms with Gasteiger partial charge in [0.2, 0.25) is 0 Å². The van der Waals surface area contributed by atoms with Crippen molar-refractivity contribution in [3.05, 3.63) is 30.3 Å². The largest absolute Gasteiger partial charge is 0.507 e. The smallest absolute Gasteiger partial charge is 0.169 e. The molecule has 3 N–H and O–H groups in total. The van der Waals surface area contributed by atoms with Gasteiger partial charge in [0, 0.05) is 71.6 Å². The fourth-order valence-corrected chi connectivity index (χ4v) is 5.71.